The van der Waals surface area contributed by atoms with Crippen molar-refractivity contribution in [1.82, 2.24) is 15.1 Å². The van der Waals surface area contributed by atoms with Crippen LogP contribution in [-0.4, -0.2) is 84.2 Å². The van der Waals surface area contributed by atoms with E-state index in [1.54, 1.807) is 4.90 Å². The molecule has 0 bridgehead atoms. The molecule has 124 valence electrons. The van der Waals surface area contributed by atoms with E-state index in [2.05, 4.69) is 5.32 Å². The molecule has 2 rings (SSSR count). The molecule has 2 aliphatic heterocycles. The number of piperazine rings is 1. The molecule has 0 aromatic heterocycles. The molecule has 0 unspecified atom stereocenters. The third-order valence-corrected chi connectivity index (χ3v) is 4.21. The average molecular weight is 313 g/mol. The summed E-state index contributed by atoms with van der Waals surface area (Å²) in [5, 5.41) is 12.8. The van der Waals surface area contributed by atoms with Gasteiger partial charge < -0.3 is 25.0 Å². The van der Waals surface area contributed by atoms with E-state index >= 15 is 0 Å². The molecule has 0 atom stereocenters. The number of hydrogen-bond acceptors (Lipinski definition) is 5. The van der Waals surface area contributed by atoms with Gasteiger partial charge in [-0.05, 0) is 0 Å². The first-order valence-electron chi connectivity index (χ1n) is 7.54. The van der Waals surface area contributed by atoms with Crippen LogP contribution in [0.5, 0.6) is 0 Å². The van der Waals surface area contributed by atoms with Crippen LogP contribution in [0.4, 0.5) is 0 Å². The van der Waals surface area contributed by atoms with Crippen LogP contribution in [0.2, 0.25) is 0 Å². The lowest BCUT2D eigenvalue weighted by atomic mass is 9.94. The van der Waals surface area contributed by atoms with Crippen LogP contribution in [0.1, 0.15) is 19.8 Å². The quantitative estimate of drug-likeness (QED) is 0.594. The number of ether oxygens (including phenoxy) is 1. The Morgan fingerprint density at radius 2 is 1.64 bits per heavy atom. The standard InChI is InChI=1S/C14H23N3O5/c1-11(18)16-4-6-17(7-5-16)13(20)12(19)15-10-14(21)2-8-22-9-3-14/h21H,2-10H2,1H3,(H,15,19). The van der Waals surface area contributed by atoms with Gasteiger partial charge in [0.15, 0.2) is 0 Å². The Kier molecular flexibility index (Phi) is 5.36. The fourth-order valence-corrected chi connectivity index (χ4v) is 2.62. The van der Waals surface area contributed by atoms with Crippen LogP contribution < -0.4 is 5.32 Å². The molecule has 3 amide bonds. The number of nitrogens with zero attached hydrogens (tertiary/aromatic N) is 2. The number of carbonyl (C=O) groups is 3. The van der Waals surface area contributed by atoms with Gasteiger partial charge in [0, 0.05) is 65.7 Å². The molecular formula is C14H23N3O5. The summed E-state index contributed by atoms with van der Waals surface area (Å²) in [5.74, 6) is -1.35. The van der Waals surface area contributed by atoms with E-state index in [-0.39, 0.29) is 12.5 Å². The van der Waals surface area contributed by atoms with Crippen molar-refractivity contribution in [3.63, 3.8) is 0 Å². The molecule has 22 heavy (non-hydrogen) atoms. The van der Waals surface area contributed by atoms with E-state index in [1.807, 2.05) is 0 Å². The zero-order valence-corrected chi connectivity index (χ0v) is 12.8. The molecule has 0 saturated carbocycles. The molecule has 0 aromatic carbocycles. The van der Waals surface area contributed by atoms with Crippen LogP contribution >= 0.6 is 0 Å². The Bertz CT molecular complexity index is 440. The minimum absolute atomic E-state index is 0.0294. The van der Waals surface area contributed by atoms with Gasteiger partial charge in [0.2, 0.25) is 5.91 Å². The Labute approximate surface area is 129 Å². The lowest BCUT2D eigenvalue weighted by Crippen LogP contribution is -2.55. The average Bonchev–Trinajstić information content (AvgIpc) is 2.53. The monoisotopic (exact) mass is 313 g/mol. The summed E-state index contributed by atoms with van der Waals surface area (Å²) in [6, 6.07) is 0. The Morgan fingerprint density at radius 1 is 1.09 bits per heavy atom. The Hall–Kier alpha value is -1.67. The van der Waals surface area contributed by atoms with Gasteiger partial charge in [-0.1, -0.05) is 0 Å². The van der Waals surface area contributed by atoms with Gasteiger partial charge in [-0.15, -0.1) is 0 Å². The van der Waals surface area contributed by atoms with Crippen LogP contribution in [0.3, 0.4) is 0 Å². The predicted octanol–water partition coefficient (Wildman–Crippen LogP) is -1.67. The van der Waals surface area contributed by atoms with Gasteiger partial charge in [0.05, 0.1) is 5.60 Å². The number of rotatable bonds is 2. The van der Waals surface area contributed by atoms with Gasteiger partial charge in [-0.3, -0.25) is 14.4 Å². The number of aliphatic hydroxyl groups is 1. The molecule has 2 saturated heterocycles. The van der Waals surface area contributed by atoms with Crippen molar-refractivity contribution in [3.05, 3.63) is 0 Å². The van der Waals surface area contributed by atoms with Crippen molar-refractivity contribution in [2.45, 2.75) is 25.4 Å². The van der Waals surface area contributed by atoms with Crippen LogP contribution in [-0.2, 0) is 19.1 Å². The summed E-state index contributed by atoms with van der Waals surface area (Å²) in [7, 11) is 0. The third-order valence-electron chi connectivity index (χ3n) is 4.21. The van der Waals surface area contributed by atoms with Crippen molar-refractivity contribution in [2.24, 2.45) is 0 Å². The maximum atomic E-state index is 12.1. The lowest BCUT2D eigenvalue weighted by Gasteiger charge is -2.34. The molecule has 2 aliphatic rings. The van der Waals surface area contributed by atoms with E-state index in [0.29, 0.717) is 52.2 Å². The van der Waals surface area contributed by atoms with Crippen molar-refractivity contribution < 1.29 is 24.2 Å². The minimum atomic E-state index is -0.998. The van der Waals surface area contributed by atoms with E-state index < -0.39 is 17.4 Å². The molecule has 0 spiro atoms. The van der Waals surface area contributed by atoms with E-state index in [9.17, 15) is 19.5 Å². The molecular weight excluding hydrogens is 290 g/mol. The zero-order valence-electron chi connectivity index (χ0n) is 12.8. The maximum Gasteiger partial charge on any atom is 0.312 e. The highest BCUT2D eigenvalue weighted by molar-refractivity contribution is 6.35. The summed E-state index contributed by atoms with van der Waals surface area (Å²) in [6.45, 7) is 4.02. The molecule has 2 N–H and O–H groups in total. The highest BCUT2D eigenvalue weighted by Crippen LogP contribution is 2.19. The second-order valence-electron chi connectivity index (χ2n) is 5.82. The van der Waals surface area contributed by atoms with Crippen LogP contribution in [0.25, 0.3) is 0 Å². The van der Waals surface area contributed by atoms with Gasteiger partial charge in [-0.25, -0.2) is 0 Å². The smallest absolute Gasteiger partial charge is 0.312 e. The SMILES string of the molecule is CC(=O)N1CCN(C(=O)C(=O)NCC2(O)CCOCC2)CC1. The molecule has 0 aliphatic carbocycles. The van der Waals surface area contributed by atoms with Gasteiger partial charge in [-0.2, -0.15) is 0 Å². The molecule has 2 heterocycles. The lowest BCUT2D eigenvalue weighted by molar-refractivity contribution is -0.149. The van der Waals surface area contributed by atoms with Crippen molar-refractivity contribution >= 4 is 17.7 Å². The predicted molar refractivity (Wildman–Crippen MR) is 76.8 cm³/mol. The highest BCUT2D eigenvalue weighted by Gasteiger charge is 2.32. The first kappa shape index (κ1) is 16.7. The number of carbonyl (C=O) groups excluding carboxylic acids is 3. The second kappa shape index (κ2) is 7.06. The topological polar surface area (TPSA) is 99.2 Å². The van der Waals surface area contributed by atoms with Crippen LogP contribution in [0, 0.1) is 0 Å². The molecule has 8 nitrogen and oxygen atoms in total. The van der Waals surface area contributed by atoms with Gasteiger partial charge in [0.25, 0.3) is 0 Å². The van der Waals surface area contributed by atoms with Crippen molar-refractivity contribution in [3.8, 4) is 0 Å². The number of hydrogen-bond donors (Lipinski definition) is 2. The largest absolute Gasteiger partial charge is 0.388 e. The Morgan fingerprint density at radius 3 is 2.18 bits per heavy atom. The normalized spacial score (nSPS) is 21.4. The molecule has 2 fully saturated rings. The molecule has 8 heteroatoms. The third kappa shape index (κ3) is 4.17. The minimum Gasteiger partial charge on any atom is -0.388 e. The summed E-state index contributed by atoms with van der Waals surface area (Å²) in [6.07, 6.45) is 0.886. The van der Waals surface area contributed by atoms with Crippen molar-refractivity contribution in [1.29, 1.82) is 0 Å². The molecule has 0 aromatic rings. The Balaban J connectivity index is 1.78. The first-order chi connectivity index (χ1) is 10.4. The summed E-state index contributed by atoms with van der Waals surface area (Å²) < 4.78 is 5.16. The van der Waals surface area contributed by atoms with Crippen molar-refractivity contribution in [2.75, 3.05) is 45.9 Å². The highest BCUT2D eigenvalue weighted by atomic mass is 16.5. The van der Waals surface area contributed by atoms with E-state index in [1.165, 1.54) is 11.8 Å². The maximum absolute atomic E-state index is 12.1. The van der Waals surface area contributed by atoms with E-state index in [0.717, 1.165) is 0 Å². The summed E-state index contributed by atoms with van der Waals surface area (Å²) >= 11 is 0. The van der Waals surface area contributed by atoms with E-state index in [4.69, 9.17) is 4.74 Å². The second-order valence-corrected chi connectivity index (χ2v) is 5.82. The summed E-state index contributed by atoms with van der Waals surface area (Å²) in [4.78, 5) is 38.3. The first-order valence-corrected chi connectivity index (χ1v) is 7.54. The van der Waals surface area contributed by atoms with Gasteiger partial charge in [0.1, 0.15) is 0 Å². The fourth-order valence-electron chi connectivity index (χ4n) is 2.62. The number of nitrogens with one attached hydrogen (secondary N) is 1. The zero-order chi connectivity index (χ0) is 16.2. The van der Waals surface area contributed by atoms with Crippen LogP contribution in [0.15, 0.2) is 0 Å². The molecule has 0 radical (unpaired) electrons. The number of amides is 3. The summed E-state index contributed by atoms with van der Waals surface area (Å²) in [5.41, 5.74) is -0.998. The fraction of sp³-hybridized carbons (Fsp3) is 0.786. The van der Waals surface area contributed by atoms with Gasteiger partial charge >= 0.3 is 11.8 Å².